The van der Waals surface area contributed by atoms with E-state index in [1.54, 1.807) is 10.9 Å². The summed E-state index contributed by atoms with van der Waals surface area (Å²) in [4.78, 5) is 11.9. The molecule has 4 nitrogen and oxygen atoms in total. The molecule has 0 aromatic carbocycles. The predicted molar refractivity (Wildman–Crippen MR) is 67.9 cm³/mol. The van der Waals surface area contributed by atoms with Crippen molar-refractivity contribution in [2.24, 2.45) is 7.05 Å². The second kappa shape index (κ2) is 6.03. The summed E-state index contributed by atoms with van der Waals surface area (Å²) in [5.41, 5.74) is 1.43. The molecule has 1 atom stereocenters. The van der Waals surface area contributed by atoms with Crippen LogP contribution >= 0.6 is 15.9 Å². The maximum Gasteiger partial charge on any atom is 0.254 e. The molecule has 0 saturated heterocycles. The van der Waals surface area contributed by atoms with E-state index in [-0.39, 0.29) is 11.9 Å². The molecule has 0 saturated carbocycles. The van der Waals surface area contributed by atoms with Crippen LogP contribution in [0.3, 0.4) is 0 Å². The highest BCUT2D eigenvalue weighted by molar-refractivity contribution is 9.09. The van der Waals surface area contributed by atoms with E-state index in [0.717, 1.165) is 23.9 Å². The third kappa shape index (κ3) is 3.33. The first-order valence-electron chi connectivity index (χ1n) is 5.45. The highest BCUT2D eigenvalue weighted by Crippen LogP contribution is 2.07. The minimum Gasteiger partial charge on any atom is -0.349 e. The molecular weight excluding hydrogens is 270 g/mol. The molecular formula is C11H18BrN3O. The molecule has 90 valence electrons. The molecule has 1 N–H and O–H groups in total. The third-order valence-corrected chi connectivity index (χ3v) is 3.00. The van der Waals surface area contributed by atoms with Gasteiger partial charge in [0.15, 0.2) is 0 Å². The lowest BCUT2D eigenvalue weighted by molar-refractivity contribution is 0.0934. The second-order valence-corrected chi connectivity index (χ2v) is 4.65. The zero-order valence-corrected chi connectivity index (χ0v) is 11.5. The Kier molecular flexibility index (Phi) is 4.99. The molecule has 1 aromatic rings. The fraction of sp³-hybridized carbons (Fsp3) is 0.636. The first-order valence-corrected chi connectivity index (χ1v) is 6.57. The highest BCUT2D eigenvalue weighted by atomic mass is 79.9. The number of aromatic nitrogens is 2. The van der Waals surface area contributed by atoms with Gasteiger partial charge in [-0.05, 0) is 19.8 Å². The predicted octanol–water partition coefficient (Wildman–Crippen LogP) is 2.02. The Labute approximate surface area is 105 Å². The van der Waals surface area contributed by atoms with Gasteiger partial charge in [-0.3, -0.25) is 9.48 Å². The van der Waals surface area contributed by atoms with Crippen molar-refractivity contribution in [2.75, 3.05) is 5.33 Å². The highest BCUT2D eigenvalue weighted by Gasteiger charge is 2.15. The van der Waals surface area contributed by atoms with Gasteiger partial charge >= 0.3 is 0 Å². The van der Waals surface area contributed by atoms with Crippen molar-refractivity contribution >= 4 is 21.8 Å². The van der Waals surface area contributed by atoms with E-state index in [1.807, 2.05) is 14.0 Å². The van der Waals surface area contributed by atoms with E-state index in [4.69, 9.17) is 0 Å². The van der Waals surface area contributed by atoms with Gasteiger partial charge < -0.3 is 5.32 Å². The maximum absolute atomic E-state index is 11.9. The molecule has 5 heteroatoms. The van der Waals surface area contributed by atoms with Crippen LogP contribution < -0.4 is 5.32 Å². The number of carbonyl (C=O) groups is 1. The first kappa shape index (κ1) is 13.2. The van der Waals surface area contributed by atoms with Crippen molar-refractivity contribution in [1.29, 1.82) is 0 Å². The first-order chi connectivity index (χ1) is 7.58. The van der Waals surface area contributed by atoms with Gasteiger partial charge in [-0.1, -0.05) is 22.9 Å². The number of nitrogens with one attached hydrogen (secondary N) is 1. The Morgan fingerprint density at radius 1 is 1.69 bits per heavy atom. The van der Waals surface area contributed by atoms with E-state index >= 15 is 0 Å². The number of hydrogen-bond acceptors (Lipinski definition) is 2. The largest absolute Gasteiger partial charge is 0.349 e. The molecule has 1 unspecified atom stereocenters. The molecule has 1 heterocycles. The molecule has 0 bridgehead atoms. The monoisotopic (exact) mass is 287 g/mol. The minimum atomic E-state index is -0.0293. The number of rotatable bonds is 5. The van der Waals surface area contributed by atoms with Crippen LogP contribution in [0.15, 0.2) is 6.20 Å². The van der Waals surface area contributed by atoms with Gasteiger partial charge in [-0.15, -0.1) is 0 Å². The lowest BCUT2D eigenvalue weighted by atomic mass is 10.1. The number of alkyl halides is 1. The number of aryl methyl sites for hydroxylation is 2. The van der Waals surface area contributed by atoms with Crippen LogP contribution in [-0.4, -0.2) is 27.1 Å². The fourth-order valence-electron chi connectivity index (χ4n) is 1.60. The van der Waals surface area contributed by atoms with Gasteiger partial charge in [0.05, 0.1) is 11.3 Å². The summed E-state index contributed by atoms with van der Waals surface area (Å²) >= 11 is 3.39. The minimum absolute atomic E-state index is 0.0293. The van der Waals surface area contributed by atoms with Crippen molar-refractivity contribution in [3.63, 3.8) is 0 Å². The molecule has 0 aliphatic carbocycles. The smallest absolute Gasteiger partial charge is 0.254 e. The SMILES string of the molecule is CCC(CCBr)NC(=O)c1cn(C)nc1C. The van der Waals surface area contributed by atoms with Gasteiger partial charge in [0, 0.05) is 24.6 Å². The maximum atomic E-state index is 11.9. The molecule has 1 rings (SSSR count). The Balaban J connectivity index is 2.67. The van der Waals surface area contributed by atoms with Crippen LogP contribution in [0.5, 0.6) is 0 Å². The van der Waals surface area contributed by atoms with Crippen LogP contribution in [0.25, 0.3) is 0 Å². The standard InChI is InChI=1S/C11H18BrN3O/c1-4-9(5-6-12)13-11(16)10-7-15(3)14-8(10)2/h7,9H,4-6H2,1-3H3,(H,13,16). The van der Waals surface area contributed by atoms with Crippen LogP contribution in [-0.2, 0) is 7.05 Å². The van der Waals surface area contributed by atoms with Crippen molar-refractivity contribution in [3.8, 4) is 0 Å². The van der Waals surface area contributed by atoms with Gasteiger partial charge in [-0.2, -0.15) is 5.10 Å². The van der Waals surface area contributed by atoms with Gasteiger partial charge in [0.2, 0.25) is 0 Å². The average Bonchev–Trinajstić information content (AvgIpc) is 2.57. The molecule has 1 amide bonds. The number of hydrogen-bond donors (Lipinski definition) is 1. The van der Waals surface area contributed by atoms with Gasteiger partial charge in [-0.25, -0.2) is 0 Å². The molecule has 0 radical (unpaired) electrons. The lowest BCUT2D eigenvalue weighted by Crippen LogP contribution is -2.34. The Hall–Kier alpha value is -0.840. The van der Waals surface area contributed by atoms with E-state index < -0.39 is 0 Å². The van der Waals surface area contributed by atoms with E-state index in [2.05, 4.69) is 33.3 Å². The van der Waals surface area contributed by atoms with Crippen LogP contribution in [0.2, 0.25) is 0 Å². The van der Waals surface area contributed by atoms with Crippen LogP contribution in [0.4, 0.5) is 0 Å². The zero-order valence-electron chi connectivity index (χ0n) is 9.96. The Bertz CT molecular complexity index is 362. The number of amides is 1. The van der Waals surface area contributed by atoms with Crippen molar-refractivity contribution in [3.05, 3.63) is 17.5 Å². The topological polar surface area (TPSA) is 46.9 Å². The van der Waals surface area contributed by atoms with Gasteiger partial charge in [0.25, 0.3) is 5.91 Å². The normalized spacial score (nSPS) is 12.5. The Morgan fingerprint density at radius 2 is 2.38 bits per heavy atom. The summed E-state index contributed by atoms with van der Waals surface area (Å²) in [5, 5.41) is 8.07. The summed E-state index contributed by atoms with van der Waals surface area (Å²) in [7, 11) is 1.82. The van der Waals surface area contributed by atoms with Crippen molar-refractivity contribution in [2.45, 2.75) is 32.7 Å². The summed E-state index contributed by atoms with van der Waals surface area (Å²) in [6.45, 7) is 3.92. The quantitative estimate of drug-likeness (QED) is 0.843. The molecule has 0 aliphatic rings. The number of carbonyl (C=O) groups excluding carboxylic acids is 1. The molecule has 16 heavy (non-hydrogen) atoms. The average molecular weight is 288 g/mol. The van der Waals surface area contributed by atoms with Crippen LogP contribution in [0, 0.1) is 6.92 Å². The van der Waals surface area contributed by atoms with Crippen molar-refractivity contribution < 1.29 is 4.79 Å². The number of halogens is 1. The van der Waals surface area contributed by atoms with E-state index in [0.29, 0.717) is 5.56 Å². The van der Waals surface area contributed by atoms with E-state index in [1.165, 1.54) is 0 Å². The molecule has 1 aromatic heterocycles. The Morgan fingerprint density at radius 3 is 2.81 bits per heavy atom. The van der Waals surface area contributed by atoms with Gasteiger partial charge in [0.1, 0.15) is 0 Å². The summed E-state index contributed by atoms with van der Waals surface area (Å²) in [5.74, 6) is -0.0293. The van der Waals surface area contributed by atoms with E-state index in [9.17, 15) is 4.79 Å². The summed E-state index contributed by atoms with van der Waals surface area (Å²) in [6.07, 6.45) is 3.64. The lowest BCUT2D eigenvalue weighted by Gasteiger charge is -2.15. The zero-order chi connectivity index (χ0) is 12.1. The molecule has 0 fully saturated rings. The summed E-state index contributed by atoms with van der Waals surface area (Å²) in [6, 6.07) is 0.228. The fourth-order valence-corrected chi connectivity index (χ4v) is 2.15. The number of nitrogens with zero attached hydrogens (tertiary/aromatic N) is 2. The summed E-state index contributed by atoms with van der Waals surface area (Å²) < 4.78 is 1.66. The van der Waals surface area contributed by atoms with Crippen molar-refractivity contribution in [1.82, 2.24) is 15.1 Å². The van der Waals surface area contributed by atoms with Crippen LogP contribution in [0.1, 0.15) is 35.8 Å². The molecule has 0 aliphatic heterocycles. The third-order valence-electron chi connectivity index (χ3n) is 2.54. The second-order valence-electron chi connectivity index (χ2n) is 3.86. The molecule has 0 spiro atoms.